The molecule has 148 valence electrons. The Kier molecular flexibility index (Phi) is 4.06. The minimum absolute atomic E-state index is 0.216. The number of nitrogens with zero attached hydrogens (tertiary/aromatic N) is 1. The van der Waals surface area contributed by atoms with Gasteiger partial charge < -0.3 is 4.42 Å². The van der Waals surface area contributed by atoms with Gasteiger partial charge in [-0.1, -0.05) is 32.0 Å². The number of benzene rings is 2. The molecular formula is C26H26FNO. The summed E-state index contributed by atoms with van der Waals surface area (Å²) in [5.74, 6) is 1.11. The number of hydrogen-bond acceptors (Lipinski definition) is 2. The Hall–Kier alpha value is -2.68. The van der Waals surface area contributed by atoms with Crippen LogP contribution in [0.1, 0.15) is 55.9 Å². The van der Waals surface area contributed by atoms with Gasteiger partial charge in [0.15, 0.2) is 0 Å². The molecule has 2 heterocycles. The highest BCUT2D eigenvalue weighted by atomic mass is 19.1. The first-order valence-corrected chi connectivity index (χ1v) is 10.4. The van der Waals surface area contributed by atoms with Crippen molar-refractivity contribution in [1.82, 2.24) is 4.98 Å². The van der Waals surface area contributed by atoms with Crippen LogP contribution in [0.5, 0.6) is 0 Å². The normalized spacial score (nSPS) is 18.7. The number of rotatable bonds is 2. The SMILES string of the molecule is Cc1cc2c(F)c(C)cc(-c3nccc4cc(C5CCC(C)(C)C5)ccc34)c2o1. The first-order valence-electron chi connectivity index (χ1n) is 10.4. The second-order valence-electron chi connectivity index (χ2n) is 9.40. The van der Waals surface area contributed by atoms with Gasteiger partial charge in [-0.05, 0) is 79.2 Å². The van der Waals surface area contributed by atoms with Crippen molar-refractivity contribution in [2.24, 2.45) is 5.41 Å². The Balaban J connectivity index is 1.67. The predicted octanol–water partition coefficient (Wildman–Crippen LogP) is 7.70. The molecule has 29 heavy (non-hydrogen) atoms. The highest BCUT2D eigenvalue weighted by Crippen LogP contribution is 2.46. The van der Waals surface area contributed by atoms with Crippen molar-refractivity contribution in [3.63, 3.8) is 0 Å². The molecule has 1 aliphatic carbocycles. The molecule has 0 aliphatic heterocycles. The third-order valence-corrected chi connectivity index (χ3v) is 6.53. The van der Waals surface area contributed by atoms with Crippen LogP contribution in [-0.2, 0) is 0 Å². The van der Waals surface area contributed by atoms with Crippen LogP contribution in [-0.4, -0.2) is 4.98 Å². The smallest absolute Gasteiger partial charge is 0.146 e. The van der Waals surface area contributed by atoms with Crippen molar-refractivity contribution in [2.45, 2.75) is 52.9 Å². The lowest BCUT2D eigenvalue weighted by atomic mass is 9.88. The van der Waals surface area contributed by atoms with Crippen LogP contribution in [0.2, 0.25) is 0 Å². The van der Waals surface area contributed by atoms with Crippen LogP contribution < -0.4 is 0 Å². The maximum absolute atomic E-state index is 14.6. The highest BCUT2D eigenvalue weighted by molar-refractivity contribution is 6.02. The van der Waals surface area contributed by atoms with Crippen LogP contribution in [0.4, 0.5) is 4.39 Å². The van der Waals surface area contributed by atoms with E-state index in [0.717, 1.165) is 16.6 Å². The van der Waals surface area contributed by atoms with Gasteiger partial charge in [0.05, 0.1) is 11.1 Å². The average molecular weight is 387 g/mol. The van der Waals surface area contributed by atoms with E-state index in [9.17, 15) is 4.39 Å². The molecular weight excluding hydrogens is 361 g/mol. The van der Waals surface area contributed by atoms with Gasteiger partial charge in [0.2, 0.25) is 0 Å². The number of halogens is 1. The molecule has 2 aromatic carbocycles. The number of pyridine rings is 1. The van der Waals surface area contributed by atoms with E-state index in [1.54, 1.807) is 13.0 Å². The number of furan rings is 1. The lowest BCUT2D eigenvalue weighted by molar-refractivity contribution is 0.376. The summed E-state index contributed by atoms with van der Waals surface area (Å²) in [7, 11) is 0. The summed E-state index contributed by atoms with van der Waals surface area (Å²) in [6.07, 6.45) is 5.61. The van der Waals surface area contributed by atoms with Gasteiger partial charge in [0.25, 0.3) is 0 Å². The fraction of sp³-hybridized carbons (Fsp3) is 0.346. The Morgan fingerprint density at radius 1 is 1.07 bits per heavy atom. The van der Waals surface area contributed by atoms with Gasteiger partial charge in [-0.3, -0.25) is 4.98 Å². The molecule has 0 saturated heterocycles. The fourth-order valence-electron chi connectivity index (χ4n) is 5.00. The molecule has 0 bridgehead atoms. The van der Waals surface area contributed by atoms with Gasteiger partial charge in [-0.2, -0.15) is 0 Å². The molecule has 2 nitrogen and oxygen atoms in total. The fourth-order valence-corrected chi connectivity index (χ4v) is 5.00. The first-order chi connectivity index (χ1) is 13.8. The van der Waals surface area contributed by atoms with Crippen LogP contribution in [0, 0.1) is 25.1 Å². The Labute approximate surface area is 170 Å². The van der Waals surface area contributed by atoms with E-state index in [2.05, 4.69) is 43.1 Å². The first kappa shape index (κ1) is 18.4. The molecule has 0 amide bonds. The number of aryl methyl sites for hydroxylation is 2. The summed E-state index contributed by atoms with van der Waals surface area (Å²) in [5.41, 5.74) is 4.73. The quantitative estimate of drug-likeness (QED) is 0.352. The number of hydrogen-bond donors (Lipinski definition) is 0. The van der Waals surface area contributed by atoms with Crippen molar-refractivity contribution in [1.29, 1.82) is 0 Å². The zero-order chi connectivity index (χ0) is 20.3. The minimum Gasteiger partial charge on any atom is -0.461 e. The zero-order valence-electron chi connectivity index (χ0n) is 17.5. The lowest BCUT2D eigenvalue weighted by Crippen LogP contribution is -2.04. The van der Waals surface area contributed by atoms with Gasteiger partial charge >= 0.3 is 0 Å². The van der Waals surface area contributed by atoms with Gasteiger partial charge in [0, 0.05) is 17.1 Å². The van der Waals surface area contributed by atoms with Gasteiger partial charge in [-0.25, -0.2) is 4.39 Å². The summed E-state index contributed by atoms with van der Waals surface area (Å²) in [4.78, 5) is 4.68. The topological polar surface area (TPSA) is 26.0 Å². The molecule has 1 aliphatic rings. The standard InChI is InChI=1S/C26H26FNO/c1-15-11-22(25-21(23(15)27)12-16(2)29-25)24-20-6-5-17(13-18(20)8-10-28-24)19-7-9-26(3,4)14-19/h5-6,8,10-13,19H,7,9,14H2,1-4H3. The molecule has 4 aromatic rings. The molecule has 0 N–H and O–H groups in total. The van der Waals surface area contributed by atoms with Gasteiger partial charge in [0.1, 0.15) is 17.2 Å². The second-order valence-corrected chi connectivity index (χ2v) is 9.40. The zero-order valence-corrected chi connectivity index (χ0v) is 17.5. The van der Waals surface area contributed by atoms with E-state index >= 15 is 0 Å². The summed E-state index contributed by atoms with van der Waals surface area (Å²) in [5, 5.41) is 2.78. The summed E-state index contributed by atoms with van der Waals surface area (Å²) in [6, 6.07) is 12.4. The predicted molar refractivity (Wildman–Crippen MR) is 117 cm³/mol. The molecule has 2 aromatic heterocycles. The molecule has 1 fully saturated rings. The van der Waals surface area contributed by atoms with Crippen molar-refractivity contribution in [3.05, 3.63) is 65.3 Å². The molecule has 1 atom stereocenters. The third-order valence-electron chi connectivity index (χ3n) is 6.53. The van der Waals surface area contributed by atoms with Crippen LogP contribution in [0.15, 0.2) is 47.0 Å². The lowest BCUT2D eigenvalue weighted by Gasteiger charge is -2.18. The second kappa shape index (κ2) is 6.41. The molecule has 3 heteroatoms. The van der Waals surface area contributed by atoms with Crippen molar-refractivity contribution < 1.29 is 8.81 Å². The molecule has 5 rings (SSSR count). The van der Waals surface area contributed by atoms with Crippen molar-refractivity contribution in [2.75, 3.05) is 0 Å². The van der Waals surface area contributed by atoms with Crippen LogP contribution in [0.25, 0.3) is 33.0 Å². The van der Waals surface area contributed by atoms with Crippen molar-refractivity contribution >= 4 is 21.7 Å². The van der Waals surface area contributed by atoms with E-state index in [1.807, 2.05) is 19.2 Å². The van der Waals surface area contributed by atoms with Gasteiger partial charge in [-0.15, -0.1) is 0 Å². The number of fused-ring (bicyclic) bond motifs is 2. The third kappa shape index (κ3) is 3.04. The van der Waals surface area contributed by atoms with Crippen LogP contribution >= 0.6 is 0 Å². The Bertz CT molecular complexity index is 1250. The van der Waals surface area contributed by atoms with Crippen LogP contribution in [0.3, 0.4) is 0 Å². The Morgan fingerprint density at radius 3 is 2.66 bits per heavy atom. The molecule has 0 radical (unpaired) electrons. The van der Waals surface area contributed by atoms with E-state index < -0.39 is 0 Å². The minimum atomic E-state index is -0.216. The van der Waals surface area contributed by atoms with E-state index in [0.29, 0.717) is 33.6 Å². The molecule has 1 unspecified atom stereocenters. The van der Waals surface area contributed by atoms with E-state index in [4.69, 9.17) is 4.42 Å². The highest BCUT2D eigenvalue weighted by Gasteiger charge is 2.31. The summed E-state index contributed by atoms with van der Waals surface area (Å²) >= 11 is 0. The monoisotopic (exact) mass is 387 g/mol. The Morgan fingerprint density at radius 2 is 1.90 bits per heavy atom. The van der Waals surface area contributed by atoms with E-state index in [1.165, 1.54) is 30.2 Å². The van der Waals surface area contributed by atoms with Crippen molar-refractivity contribution in [3.8, 4) is 11.3 Å². The maximum atomic E-state index is 14.6. The summed E-state index contributed by atoms with van der Waals surface area (Å²) in [6.45, 7) is 8.38. The summed E-state index contributed by atoms with van der Waals surface area (Å²) < 4.78 is 20.5. The number of aromatic nitrogens is 1. The molecule has 0 spiro atoms. The molecule has 1 saturated carbocycles. The average Bonchev–Trinajstić information content (AvgIpc) is 3.26. The largest absolute Gasteiger partial charge is 0.461 e. The van der Waals surface area contributed by atoms with E-state index in [-0.39, 0.29) is 5.82 Å². The maximum Gasteiger partial charge on any atom is 0.146 e.